The highest BCUT2D eigenvalue weighted by molar-refractivity contribution is 9.10. The molecule has 2 amide bonds. The highest BCUT2D eigenvalue weighted by Gasteiger charge is 2.36. The van der Waals surface area contributed by atoms with Crippen LogP contribution >= 0.6 is 27.7 Å². The lowest BCUT2D eigenvalue weighted by Crippen LogP contribution is -2.27. The van der Waals surface area contributed by atoms with Crippen molar-refractivity contribution in [3.05, 3.63) is 63.5 Å². The maximum absolute atomic E-state index is 12.4. The Kier molecular flexibility index (Phi) is 4.04. The summed E-state index contributed by atoms with van der Waals surface area (Å²) in [6.45, 7) is 0. The zero-order chi connectivity index (χ0) is 15.7. The number of carbonyl (C=O) groups excluding carboxylic acids is 2. The Balaban J connectivity index is 1.93. The number of phenols is 1. The van der Waals surface area contributed by atoms with Crippen LogP contribution in [0, 0.1) is 0 Å². The van der Waals surface area contributed by atoms with Gasteiger partial charge < -0.3 is 5.11 Å². The number of benzene rings is 2. The average molecular weight is 376 g/mol. The second kappa shape index (κ2) is 5.98. The Bertz CT molecular complexity index is 786. The zero-order valence-electron chi connectivity index (χ0n) is 11.2. The fourth-order valence-electron chi connectivity index (χ4n) is 2.03. The van der Waals surface area contributed by atoms with Crippen LogP contribution in [0.4, 0.5) is 10.5 Å². The lowest BCUT2D eigenvalue weighted by atomic mass is 10.2. The molecule has 0 spiro atoms. The molecule has 0 radical (unpaired) electrons. The number of phenolic OH excluding ortho intramolecular Hbond substituents is 1. The van der Waals surface area contributed by atoms with E-state index < -0.39 is 0 Å². The molecule has 1 fully saturated rings. The Morgan fingerprint density at radius 3 is 2.50 bits per heavy atom. The number of hydrogen-bond donors (Lipinski definition) is 1. The van der Waals surface area contributed by atoms with Crippen LogP contribution in [0.15, 0.2) is 57.9 Å². The molecule has 1 N–H and O–H groups in total. The number of halogens is 1. The molecule has 1 saturated heterocycles. The first-order valence-corrected chi connectivity index (χ1v) is 7.98. The Morgan fingerprint density at radius 1 is 1.09 bits per heavy atom. The molecule has 2 aromatic rings. The minimum absolute atomic E-state index is 0.00781. The molecule has 1 aliphatic heterocycles. The lowest BCUT2D eigenvalue weighted by molar-refractivity contribution is -0.113. The first-order valence-electron chi connectivity index (χ1n) is 6.37. The molecule has 1 aliphatic rings. The van der Waals surface area contributed by atoms with E-state index in [0.29, 0.717) is 10.6 Å². The van der Waals surface area contributed by atoms with E-state index in [-0.39, 0.29) is 16.9 Å². The molecule has 22 heavy (non-hydrogen) atoms. The van der Waals surface area contributed by atoms with Crippen LogP contribution in [-0.4, -0.2) is 16.3 Å². The van der Waals surface area contributed by atoms with Crippen molar-refractivity contribution < 1.29 is 14.7 Å². The van der Waals surface area contributed by atoms with Crippen LogP contribution in [0.1, 0.15) is 5.56 Å². The first kappa shape index (κ1) is 14.9. The van der Waals surface area contributed by atoms with Gasteiger partial charge in [-0.05, 0) is 47.7 Å². The van der Waals surface area contributed by atoms with Crippen molar-refractivity contribution in [1.82, 2.24) is 0 Å². The maximum Gasteiger partial charge on any atom is 0.298 e. The van der Waals surface area contributed by atoms with Gasteiger partial charge in [-0.2, -0.15) is 0 Å². The fraction of sp³-hybridized carbons (Fsp3) is 0. The Morgan fingerprint density at radius 2 is 1.82 bits per heavy atom. The van der Waals surface area contributed by atoms with Crippen LogP contribution < -0.4 is 4.90 Å². The normalized spacial score (nSPS) is 16.6. The average Bonchev–Trinajstić information content (AvgIpc) is 2.76. The highest BCUT2D eigenvalue weighted by Crippen LogP contribution is 2.36. The summed E-state index contributed by atoms with van der Waals surface area (Å²) in [5.41, 5.74) is 1.20. The molecule has 4 nitrogen and oxygen atoms in total. The molecular weight excluding hydrogens is 366 g/mol. The van der Waals surface area contributed by atoms with Gasteiger partial charge in [0.2, 0.25) is 0 Å². The van der Waals surface area contributed by atoms with Gasteiger partial charge >= 0.3 is 0 Å². The lowest BCUT2D eigenvalue weighted by Gasteiger charge is -2.12. The zero-order valence-corrected chi connectivity index (χ0v) is 13.6. The first-order chi connectivity index (χ1) is 10.5. The van der Waals surface area contributed by atoms with E-state index in [4.69, 9.17) is 0 Å². The number of rotatable bonds is 2. The predicted molar refractivity (Wildman–Crippen MR) is 90.7 cm³/mol. The van der Waals surface area contributed by atoms with Crippen molar-refractivity contribution in [1.29, 1.82) is 0 Å². The number of thioether (sulfide) groups is 1. The number of carbonyl (C=O) groups is 2. The van der Waals surface area contributed by atoms with Gasteiger partial charge in [-0.25, -0.2) is 4.90 Å². The topological polar surface area (TPSA) is 57.6 Å². The summed E-state index contributed by atoms with van der Waals surface area (Å²) in [5.74, 6) is -0.378. The fourth-order valence-corrected chi connectivity index (χ4v) is 3.14. The number of hydrogen-bond acceptors (Lipinski definition) is 4. The molecule has 0 aromatic heterocycles. The third-order valence-corrected chi connectivity index (χ3v) is 4.45. The molecule has 0 unspecified atom stereocenters. The van der Waals surface area contributed by atoms with E-state index in [1.807, 2.05) is 24.3 Å². The summed E-state index contributed by atoms with van der Waals surface area (Å²) in [4.78, 5) is 25.9. The smallest absolute Gasteiger partial charge is 0.298 e. The van der Waals surface area contributed by atoms with Crippen molar-refractivity contribution in [2.24, 2.45) is 0 Å². The molecule has 0 saturated carbocycles. The molecule has 6 heteroatoms. The van der Waals surface area contributed by atoms with Crippen molar-refractivity contribution in [2.45, 2.75) is 0 Å². The van der Waals surface area contributed by atoms with Gasteiger partial charge in [-0.1, -0.05) is 34.1 Å². The van der Waals surface area contributed by atoms with Crippen LogP contribution in [0.2, 0.25) is 0 Å². The second-order valence-electron chi connectivity index (χ2n) is 4.59. The van der Waals surface area contributed by atoms with Crippen LogP contribution in [-0.2, 0) is 4.79 Å². The Labute approximate surface area is 139 Å². The molecule has 110 valence electrons. The van der Waals surface area contributed by atoms with E-state index in [0.717, 1.165) is 26.7 Å². The summed E-state index contributed by atoms with van der Waals surface area (Å²) in [6, 6.07) is 13.5. The van der Waals surface area contributed by atoms with Crippen molar-refractivity contribution >= 4 is 50.6 Å². The van der Waals surface area contributed by atoms with Crippen LogP contribution in [0.25, 0.3) is 6.08 Å². The second-order valence-corrected chi connectivity index (χ2v) is 6.50. The van der Waals surface area contributed by atoms with Gasteiger partial charge in [-0.3, -0.25) is 9.59 Å². The summed E-state index contributed by atoms with van der Waals surface area (Å²) in [6.07, 6.45) is 1.68. The number of anilines is 1. The standard InChI is InChI=1S/C16H10BrNO3S/c17-11-6-4-10(5-7-11)8-14-15(20)18(16(21)22-14)12-2-1-3-13(19)9-12/h1-9,19H. The van der Waals surface area contributed by atoms with E-state index in [9.17, 15) is 14.7 Å². The number of nitrogens with zero attached hydrogens (tertiary/aromatic N) is 1. The molecule has 2 aromatic carbocycles. The molecule has 1 heterocycles. The van der Waals surface area contributed by atoms with E-state index >= 15 is 0 Å². The largest absolute Gasteiger partial charge is 0.508 e. The number of imide groups is 1. The molecule has 0 bridgehead atoms. The molecule has 3 rings (SSSR count). The van der Waals surface area contributed by atoms with Gasteiger partial charge in [0.25, 0.3) is 11.1 Å². The van der Waals surface area contributed by atoms with Crippen molar-refractivity contribution in [3.63, 3.8) is 0 Å². The minimum Gasteiger partial charge on any atom is -0.508 e. The van der Waals surface area contributed by atoms with Gasteiger partial charge in [-0.15, -0.1) is 0 Å². The molecule has 0 atom stereocenters. The third kappa shape index (κ3) is 2.93. The van der Waals surface area contributed by atoms with E-state index in [2.05, 4.69) is 15.9 Å². The predicted octanol–water partition coefficient (Wildman–Crippen LogP) is 4.40. The summed E-state index contributed by atoms with van der Waals surface area (Å²) >= 11 is 4.23. The summed E-state index contributed by atoms with van der Waals surface area (Å²) in [7, 11) is 0. The van der Waals surface area contributed by atoms with E-state index in [1.54, 1.807) is 18.2 Å². The summed E-state index contributed by atoms with van der Waals surface area (Å²) in [5, 5.41) is 9.12. The quantitative estimate of drug-likeness (QED) is 0.790. The molecule has 0 aliphatic carbocycles. The van der Waals surface area contributed by atoms with Gasteiger partial charge in [0.05, 0.1) is 10.6 Å². The molecular formula is C16H10BrNO3S. The third-order valence-electron chi connectivity index (χ3n) is 3.05. The van der Waals surface area contributed by atoms with Gasteiger partial charge in [0, 0.05) is 10.5 Å². The summed E-state index contributed by atoms with van der Waals surface area (Å²) < 4.78 is 0.942. The van der Waals surface area contributed by atoms with E-state index in [1.165, 1.54) is 12.1 Å². The minimum atomic E-state index is -0.386. The highest BCUT2D eigenvalue weighted by atomic mass is 79.9. The van der Waals surface area contributed by atoms with Gasteiger partial charge in [0.1, 0.15) is 5.75 Å². The number of amides is 2. The van der Waals surface area contributed by atoms with Crippen molar-refractivity contribution in [2.75, 3.05) is 4.90 Å². The van der Waals surface area contributed by atoms with Crippen LogP contribution in [0.5, 0.6) is 5.75 Å². The maximum atomic E-state index is 12.4. The van der Waals surface area contributed by atoms with Crippen molar-refractivity contribution in [3.8, 4) is 5.75 Å². The number of aromatic hydroxyl groups is 1. The van der Waals surface area contributed by atoms with Crippen LogP contribution in [0.3, 0.4) is 0 Å². The SMILES string of the molecule is O=C1SC(=Cc2ccc(Br)cc2)C(=O)N1c1cccc(O)c1. The Hall–Kier alpha value is -2.05. The monoisotopic (exact) mass is 375 g/mol. The van der Waals surface area contributed by atoms with Gasteiger partial charge in [0.15, 0.2) is 0 Å².